The van der Waals surface area contributed by atoms with Crippen LogP contribution in [0.4, 0.5) is 0 Å². The van der Waals surface area contributed by atoms with Gasteiger partial charge in [0.2, 0.25) is 0 Å². The summed E-state index contributed by atoms with van der Waals surface area (Å²) in [6, 6.07) is 15.1. The predicted octanol–water partition coefficient (Wildman–Crippen LogP) is 2.22. The Morgan fingerprint density at radius 3 is 2.41 bits per heavy atom. The summed E-state index contributed by atoms with van der Waals surface area (Å²) in [4.78, 5) is 13.9. The van der Waals surface area contributed by atoms with Gasteiger partial charge in [0.15, 0.2) is 0 Å². The molecular formula is C18H19NO3. The van der Waals surface area contributed by atoms with E-state index < -0.39 is 6.10 Å². The second-order valence-corrected chi connectivity index (χ2v) is 5.74. The summed E-state index contributed by atoms with van der Waals surface area (Å²) in [6.07, 6.45) is -0.875. The number of benzene rings is 2. The Morgan fingerprint density at radius 2 is 1.82 bits per heavy atom. The number of nitrogens with zero attached hydrogens (tertiary/aromatic N) is 1. The van der Waals surface area contributed by atoms with E-state index in [0.29, 0.717) is 18.7 Å². The molecule has 0 saturated carbocycles. The number of rotatable bonds is 3. The van der Waals surface area contributed by atoms with Crippen LogP contribution in [0.3, 0.4) is 0 Å². The highest BCUT2D eigenvalue weighted by Gasteiger charge is 2.29. The molecule has 4 heteroatoms. The number of amides is 1. The van der Waals surface area contributed by atoms with Gasteiger partial charge in [-0.3, -0.25) is 4.79 Å². The maximum atomic E-state index is 12.3. The van der Waals surface area contributed by atoms with Crippen LogP contribution in [-0.2, 0) is 0 Å². The first-order chi connectivity index (χ1) is 10.5. The largest absolute Gasteiger partial charge is 0.389 e. The summed E-state index contributed by atoms with van der Waals surface area (Å²) >= 11 is 0. The molecule has 0 bridgehead atoms. The number of aliphatic hydroxyl groups is 2. The number of aliphatic hydroxyl groups excluding tert-OH is 2. The van der Waals surface area contributed by atoms with E-state index in [2.05, 4.69) is 0 Å². The minimum atomic E-state index is -0.486. The van der Waals surface area contributed by atoms with Crippen molar-refractivity contribution < 1.29 is 15.0 Å². The van der Waals surface area contributed by atoms with Gasteiger partial charge in [0, 0.05) is 18.7 Å². The van der Waals surface area contributed by atoms with E-state index in [1.807, 2.05) is 42.5 Å². The van der Waals surface area contributed by atoms with Crippen LogP contribution in [-0.4, -0.2) is 40.2 Å². The lowest BCUT2D eigenvalue weighted by atomic mass is 9.99. The molecule has 1 fully saturated rings. The quantitative estimate of drug-likeness (QED) is 0.913. The number of carbonyl (C=O) groups is 1. The van der Waals surface area contributed by atoms with E-state index in [1.165, 1.54) is 0 Å². The van der Waals surface area contributed by atoms with Crippen LogP contribution in [0, 0.1) is 0 Å². The second kappa shape index (κ2) is 5.91. The second-order valence-electron chi connectivity index (χ2n) is 5.74. The van der Waals surface area contributed by atoms with Gasteiger partial charge in [-0.2, -0.15) is 0 Å². The van der Waals surface area contributed by atoms with Crippen LogP contribution >= 0.6 is 0 Å². The monoisotopic (exact) mass is 297 g/mol. The fraction of sp³-hybridized carbons (Fsp3) is 0.278. The molecule has 0 aromatic heterocycles. The number of β-amino-alcohol motifs (C(OH)–C–C–N with tert-alkyl or cyclic N) is 1. The van der Waals surface area contributed by atoms with Crippen LogP contribution in [0.25, 0.3) is 11.1 Å². The van der Waals surface area contributed by atoms with Gasteiger partial charge in [-0.1, -0.05) is 36.4 Å². The zero-order valence-electron chi connectivity index (χ0n) is 12.4. The molecule has 2 aromatic rings. The Kier molecular flexibility index (Phi) is 3.96. The normalized spacial score (nSPS) is 16.2. The molecule has 1 aliphatic rings. The van der Waals surface area contributed by atoms with Gasteiger partial charge < -0.3 is 15.1 Å². The van der Waals surface area contributed by atoms with E-state index in [4.69, 9.17) is 0 Å². The van der Waals surface area contributed by atoms with Crippen LogP contribution in [0.2, 0.25) is 0 Å². The van der Waals surface area contributed by atoms with Gasteiger partial charge in [0.25, 0.3) is 5.91 Å². The molecule has 114 valence electrons. The van der Waals surface area contributed by atoms with Gasteiger partial charge in [-0.25, -0.2) is 0 Å². The lowest BCUT2D eigenvalue weighted by Crippen LogP contribution is -2.53. The van der Waals surface area contributed by atoms with Crippen molar-refractivity contribution in [1.82, 2.24) is 4.90 Å². The first kappa shape index (κ1) is 14.8. The molecule has 1 saturated heterocycles. The molecule has 2 N–H and O–H groups in total. The fourth-order valence-electron chi connectivity index (χ4n) is 2.59. The number of carbonyl (C=O) groups excluding carboxylic acids is 1. The van der Waals surface area contributed by atoms with E-state index in [0.717, 1.165) is 16.7 Å². The molecule has 22 heavy (non-hydrogen) atoms. The Balaban J connectivity index is 1.83. The summed E-state index contributed by atoms with van der Waals surface area (Å²) in [5, 5.41) is 18.9. The first-order valence-corrected chi connectivity index (χ1v) is 7.40. The van der Waals surface area contributed by atoms with Crippen LogP contribution in [0.5, 0.6) is 0 Å². The minimum Gasteiger partial charge on any atom is -0.389 e. The number of hydrogen-bond donors (Lipinski definition) is 2. The first-order valence-electron chi connectivity index (χ1n) is 7.40. The van der Waals surface area contributed by atoms with Gasteiger partial charge in [0.05, 0.1) is 12.2 Å². The zero-order valence-corrected chi connectivity index (χ0v) is 12.4. The molecule has 1 atom stereocenters. The third-order valence-electron chi connectivity index (χ3n) is 3.99. The third kappa shape index (κ3) is 2.89. The summed E-state index contributed by atoms with van der Waals surface area (Å²) in [7, 11) is 0. The maximum Gasteiger partial charge on any atom is 0.254 e. The van der Waals surface area contributed by atoms with Crippen molar-refractivity contribution in [2.75, 3.05) is 13.1 Å². The Labute approximate surface area is 129 Å². The van der Waals surface area contributed by atoms with Crippen molar-refractivity contribution in [3.63, 3.8) is 0 Å². The van der Waals surface area contributed by atoms with Gasteiger partial charge in [0.1, 0.15) is 0 Å². The summed E-state index contributed by atoms with van der Waals surface area (Å²) in [5.41, 5.74) is 3.46. The molecular weight excluding hydrogens is 278 g/mol. The molecule has 1 heterocycles. The Hall–Kier alpha value is -2.17. The van der Waals surface area contributed by atoms with Crippen molar-refractivity contribution in [1.29, 1.82) is 0 Å². The summed E-state index contributed by atoms with van der Waals surface area (Å²) < 4.78 is 0. The summed E-state index contributed by atoms with van der Waals surface area (Å²) in [5.74, 6) is -0.0484. The molecule has 1 aliphatic heterocycles. The van der Waals surface area contributed by atoms with Crippen LogP contribution in [0.1, 0.15) is 28.9 Å². The van der Waals surface area contributed by atoms with Gasteiger partial charge in [-0.15, -0.1) is 0 Å². The Morgan fingerprint density at radius 1 is 1.14 bits per heavy atom. The highest BCUT2D eigenvalue weighted by Crippen LogP contribution is 2.24. The lowest BCUT2D eigenvalue weighted by molar-refractivity contribution is 0.00590. The standard InChI is InChI=1S/C18H19NO3/c1-12(20)13-5-7-14(8-6-13)15-3-2-4-16(9-15)18(22)19-10-17(21)11-19/h2-9,12,17,20-21H,10-11H2,1H3/t12-/m0/s1. The SMILES string of the molecule is C[C@H](O)c1ccc(-c2cccc(C(=O)N3CC(O)C3)c2)cc1. The number of likely N-dealkylation sites (tertiary alicyclic amines) is 1. The molecule has 2 aromatic carbocycles. The van der Waals surface area contributed by atoms with Crippen molar-refractivity contribution in [3.8, 4) is 11.1 Å². The van der Waals surface area contributed by atoms with Crippen molar-refractivity contribution in [2.45, 2.75) is 19.1 Å². The molecule has 0 spiro atoms. The highest BCUT2D eigenvalue weighted by atomic mass is 16.3. The average Bonchev–Trinajstić information content (AvgIpc) is 2.51. The topological polar surface area (TPSA) is 60.8 Å². The predicted molar refractivity (Wildman–Crippen MR) is 84.4 cm³/mol. The zero-order chi connectivity index (χ0) is 15.7. The van der Waals surface area contributed by atoms with Gasteiger partial charge in [-0.05, 0) is 35.7 Å². The highest BCUT2D eigenvalue weighted by molar-refractivity contribution is 5.96. The van der Waals surface area contributed by atoms with Crippen molar-refractivity contribution in [2.24, 2.45) is 0 Å². The molecule has 4 nitrogen and oxygen atoms in total. The average molecular weight is 297 g/mol. The van der Waals surface area contributed by atoms with E-state index >= 15 is 0 Å². The third-order valence-corrected chi connectivity index (χ3v) is 3.99. The smallest absolute Gasteiger partial charge is 0.254 e. The molecule has 1 amide bonds. The maximum absolute atomic E-state index is 12.3. The van der Waals surface area contributed by atoms with Gasteiger partial charge >= 0.3 is 0 Å². The molecule has 0 unspecified atom stereocenters. The fourth-order valence-corrected chi connectivity index (χ4v) is 2.59. The minimum absolute atomic E-state index is 0.0484. The van der Waals surface area contributed by atoms with E-state index in [-0.39, 0.29) is 12.0 Å². The molecule has 3 rings (SSSR count). The number of hydrogen-bond acceptors (Lipinski definition) is 3. The van der Waals surface area contributed by atoms with Crippen LogP contribution < -0.4 is 0 Å². The van der Waals surface area contributed by atoms with Crippen molar-refractivity contribution >= 4 is 5.91 Å². The van der Waals surface area contributed by atoms with Crippen molar-refractivity contribution in [3.05, 3.63) is 59.7 Å². The van der Waals surface area contributed by atoms with Crippen LogP contribution in [0.15, 0.2) is 48.5 Å². The van der Waals surface area contributed by atoms with E-state index in [1.54, 1.807) is 17.9 Å². The summed E-state index contributed by atoms with van der Waals surface area (Å²) in [6.45, 7) is 2.55. The lowest BCUT2D eigenvalue weighted by Gasteiger charge is -2.35. The molecule has 0 radical (unpaired) electrons. The molecule has 0 aliphatic carbocycles. The van der Waals surface area contributed by atoms with E-state index in [9.17, 15) is 15.0 Å². The Bertz CT molecular complexity index is 673.